The van der Waals surface area contributed by atoms with Crippen molar-refractivity contribution < 1.29 is 22.4 Å². The Morgan fingerprint density at radius 2 is 1.60 bits per heavy atom. The van der Waals surface area contributed by atoms with Crippen molar-refractivity contribution in [2.24, 2.45) is 0 Å². The van der Waals surface area contributed by atoms with Gasteiger partial charge in [0.1, 0.15) is 11.9 Å². The molecule has 178 valence electrons. The molecule has 0 radical (unpaired) electrons. The van der Waals surface area contributed by atoms with E-state index in [9.17, 15) is 22.4 Å². The molecule has 2 amide bonds. The van der Waals surface area contributed by atoms with Gasteiger partial charge in [0.25, 0.3) is 15.9 Å². The highest BCUT2D eigenvalue weighted by Gasteiger charge is 2.23. The maximum Gasteiger partial charge on any atom is 0.262 e. The van der Waals surface area contributed by atoms with E-state index in [0.29, 0.717) is 17.8 Å². The van der Waals surface area contributed by atoms with Crippen LogP contribution in [-0.2, 0) is 21.2 Å². The summed E-state index contributed by atoms with van der Waals surface area (Å²) in [4.78, 5) is 25.8. The summed E-state index contributed by atoms with van der Waals surface area (Å²) in [7, 11) is -3.74. The molecule has 1 aliphatic carbocycles. The van der Waals surface area contributed by atoms with Crippen molar-refractivity contribution >= 4 is 27.5 Å². The number of rotatable bonds is 9. The van der Waals surface area contributed by atoms with Crippen LogP contribution in [0, 0.1) is 5.82 Å². The van der Waals surface area contributed by atoms with Crippen LogP contribution in [-0.4, -0.2) is 26.3 Å². The molecule has 3 N–H and O–H groups in total. The molecule has 0 fully saturated rings. The molecule has 0 spiro atoms. The first-order chi connectivity index (χ1) is 16.8. The molecule has 0 aliphatic heterocycles. The Labute approximate surface area is 202 Å². The Kier molecular flexibility index (Phi) is 7.10. The van der Waals surface area contributed by atoms with Crippen LogP contribution in [0.4, 0.5) is 10.1 Å². The fraction of sp³-hybridized carbons (Fsp3) is 0.115. The van der Waals surface area contributed by atoms with Crippen molar-refractivity contribution in [3.05, 3.63) is 113 Å². The Balaban J connectivity index is 1.48. The van der Waals surface area contributed by atoms with Crippen LogP contribution in [0.15, 0.2) is 101 Å². The van der Waals surface area contributed by atoms with E-state index < -0.39 is 33.7 Å². The average Bonchev–Trinajstić information content (AvgIpc) is 2.82. The monoisotopic (exact) mass is 491 g/mol. The molecule has 0 aromatic heterocycles. The number of nitrogens with one attached hydrogen (secondary N) is 3. The number of hydrogen-bond acceptors (Lipinski definition) is 4. The normalized spacial score (nSPS) is 13.2. The van der Waals surface area contributed by atoms with Gasteiger partial charge in [0, 0.05) is 24.1 Å². The van der Waals surface area contributed by atoms with Gasteiger partial charge < -0.3 is 10.6 Å². The van der Waals surface area contributed by atoms with Gasteiger partial charge in [0.2, 0.25) is 5.91 Å². The third-order valence-electron chi connectivity index (χ3n) is 5.28. The molecule has 7 nitrogen and oxygen atoms in total. The SMILES string of the molecule is O=C(N[C@@H](Cc1ccccc1)C(=O)Nc1ccc(S(=O)(=O)NC2=C=CC2)cc1)c1ccc(F)cc1. The first-order valence-electron chi connectivity index (χ1n) is 10.8. The number of benzene rings is 3. The standard InChI is InChI=1S/C26H22FN3O4S/c27-20-11-9-19(10-12-20)25(31)29-24(17-18-5-2-1-3-6-18)26(32)28-21-13-15-23(16-14-21)35(33,34)30-22-7-4-8-22/h1-6,9-16,24,30H,7,17H2,(H,28,32)(H,29,31)/t24-/m0/s1. The molecule has 3 aromatic rings. The van der Waals surface area contributed by atoms with Gasteiger partial charge in [0.05, 0.1) is 10.6 Å². The lowest BCUT2D eigenvalue weighted by Gasteiger charge is -2.19. The van der Waals surface area contributed by atoms with Crippen LogP contribution in [0.1, 0.15) is 22.3 Å². The fourth-order valence-corrected chi connectivity index (χ4v) is 4.42. The number of anilines is 1. The number of carbonyl (C=O) groups is 2. The van der Waals surface area contributed by atoms with E-state index >= 15 is 0 Å². The lowest BCUT2D eigenvalue weighted by Crippen LogP contribution is -2.45. The van der Waals surface area contributed by atoms with E-state index in [0.717, 1.165) is 5.56 Å². The van der Waals surface area contributed by atoms with E-state index in [2.05, 4.69) is 21.1 Å². The van der Waals surface area contributed by atoms with Crippen LogP contribution >= 0.6 is 0 Å². The van der Waals surface area contributed by atoms with Gasteiger partial charge in [-0.15, -0.1) is 5.73 Å². The highest BCUT2D eigenvalue weighted by molar-refractivity contribution is 7.89. The molecular weight excluding hydrogens is 469 g/mol. The first kappa shape index (κ1) is 23.9. The predicted molar refractivity (Wildman–Crippen MR) is 129 cm³/mol. The number of sulfonamides is 1. The number of halogens is 1. The Bertz CT molecular complexity index is 1400. The maximum atomic E-state index is 13.2. The highest BCUT2D eigenvalue weighted by Crippen LogP contribution is 2.17. The molecule has 0 saturated carbocycles. The van der Waals surface area contributed by atoms with Crippen molar-refractivity contribution in [1.29, 1.82) is 0 Å². The predicted octanol–water partition coefficient (Wildman–Crippen LogP) is 3.53. The molecule has 35 heavy (non-hydrogen) atoms. The fourth-order valence-electron chi connectivity index (χ4n) is 3.35. The molecule has 4 rings (SSSR count). The van der Waals surface area contributed by atoms with Crippen LogP contribution in [0.2, 0.25) is 0 Å². The lowest BCUT2D eigenvalue weighted by molar-refractivity contribution is -0.118. The summed E-state index contributed by atoms with van der Waals surface area (Å²) in [6, 6.07) is 19.0. The molecule has 0 heterocycles. The van der Waals surface area contributed by atoms with Crippen molar-refractivity contribution in [2.45, 2.75) is 23.8 Å². The zero-order valence-corrected chi connectivity index (χ0v) is 19.3. The second kappa shape index (κ2) is 10.4. The largest absolute Gasteiger partial charge is 0.340 e. The molecule has 1 atom stereocenters. The third-order valence-corrected chi connectivity index (χ3v) is 6.69. The zero-order chi connectivity index (χ0) is 24.8. The maximum absolute atomic E-state index is 13.2. The zero-order valence-electron chi connectivity index (χ0n) is 18.5. The van der Waals surface area contributed by atoms with Crippen molar-refractivity contribution in [1.82, 2.24) is 10.0 Å². The van der Waals surface area contributed by atoms with Crippen LogP contribution < -0.4 is 15.4 Å². The van der Waals surface area contributed by atoms with E-state index in [1.165, 1.54) is 48.5 Å². The van der Waals surface area contributed by atoms with Crippen LogP contribution in [0.25, 0.3) is 0 Å². The summed E-state index contributed by atoms with van der Waals surface area (Å²) in [5, 5.41) is 5.42. The lowest BCUT2D eigenvalue weighted by atomic mass is 10.0. The molecule has 9 heteroatoms. The van der Waals surface area contributed by atoms with E-state index in [1.807, 2.05) is 30.3 Å². The van der Waals surface area contributed by atoms with E-state index in [4.69, 9.17) is 0 Å². The van der Waals surface area contributed by atoms with Gasteiger partial charge >= 0.3 is 0 Å². The summed E-state index contributed by atoms with van der Waals surface area (Å²) in [5.41, 5.74) is 4.67. The number of hydrogen-bond donors (Lipinski definition) is 3. The summed E-state index contributed by atoms with van der Waals surface area (Å²) in [5.74, 6) is -1.47. The van der Waals surface area contributed by atoms with Gasteiger partial charge in [-0.25, -0.2) is 12.8 Å². The minimum atomic E-state index is -3.74. The van der Waals surface area contributed by atoms with Crippen molar-refractivity contribution in [2.75, 3.05) is 5.32 Å². The third kappa shape index (κ3) is 6.23. The Morgan fingerprint density at radius 1 is 0.943 bits per heavy atom. The highest BCUT2D eigenvalue weighted by atomic mass is 32.2. The van der Waals surface area contributed by atoms with Gasteiger partial charge in [-0.05, 0) is 60.2 Å². The molecular formula is C26H22FN3O4S. The minimum absolute atomic E-state index is 0.0437. The number of carbonyl (C=O) groups excluding carboxylic acids is 2. The molecule has 0 bridgehead atoms. The molecule has 0 saturated heterocycles. The minimum Gasteiger partial charge on any atom is -0.340 e. The quantitative estimate of drug-likeness (QED) is 0.399. The van der Waals surface area contributed by atoms with E-state index in [-0.39, 0.29) is 16.9 Å². The smallest absolute Gasteiger partial charge is 0.262 e. The average molecular weight is 492 g/mol. The Morgan fingerprint density at radius 3 is 2.20 bits per heavy atom. The van der Waals surface area contributed by atoms with E-state index in [1.54, 1.807) is 6.08 Å². The van der Waals surface area contributed by atoms with Crippen LogP contribution in [0.3, 0.4) is 0 Å². The van der Waals surface area contributed by atoms with Gasteiger partial charge in [-0.2, -0.15) is 0 Å². The molecule has 1 aliphatic rings. The first-order valence-corrected chi connectivity index (χ1v) is 12.3. The van der Waals surface area contributed by atoms with Crippen molar-refractivity contribution in [3.63, 3.8) is 0 Å². The van der Waals surface area contributed by atoms with Gasteiger partial charge in [-0.3, -0.25) is 14.3 Å². The summed E-state index contributed by atoms with van der Waals surface area (Å²) >= 11 is 0. The van der Waals surface area contributed by atoms with Gasteiger partial charge in [0.15, 0.2) is 0 Å². The summed E-state index contributed by atoms with van der Waals surface area (Å²) in [6.07, 6.45) is 2.45. The molecule has 3 aromatic carbocycles. The topological polar surface area (TPSA) is 104 Å². The molecule has 0 unspecified atom stereocenters. The van der Waals surface area contributed by atoms with Crippen LogP contribution in [0.5, 0.6) is 0 Å². The Hall–Kier alpha value is -4.20. The van der Waals surface area contributed by atoms with Gasteiger partial charge in [-0.1, -0.05) is 30.3 Å². The summed E-state index contributed by atoms with van der Waals surface area (Å²) < 4.78 is 40.5. The second-order valence-electron chi connectivity index (χ2n) is 7.87. The second-order valence-corrected chi connectivity index (χ2v) is 9.56. The van der Waals surface area contributed by atoms with Crippen molar-refractivity contribution in [3.8, 4) is 0 Å². The number of amides is 2. The summed E-state index contributed by atoms with van der Waals surface area (Å²) in [6.45, 7) is 0.